The van der Waals surface area contributed by atoms with Crippen LogP contribution in [0.25, 0.3) is 0 Å². The molecule has 0 heterocycles. The Morgan fingerprint density at radius 1 is 1.10 bits per heavy atom. The lowest BCUT2D eigenvalue weighted by molar-refractivity contribution is -0.115. The van der Waals surface area contributed by atoms with Gasteiger partial charge in [0.1, 0.15) is 5.82 Å². The molecule has 110 valence electrons. The summed E-state index contributed by atoms with van der Waals surface area (Å²) >= 11 is 3.38. The van der Waals surface area contributed by atoms with Crippen molar-refractivity contribution in [3.8, 4) is 0 Å². The molecule has 0 spiro atoms. The zero-order valence-electron chi connectivity index (χ0n) is 11.4. The molecule has 0 bridgehead atoms. The van der Waals surface area contributed by atoms with Crippen LogP contribution in [0.3, 0.4) is 0 Å². The first-order chi connectivity index (χ1) is 10.1. The molecular weight excluding hydrogens is 335 g/mol. The third kappa shape index (κ3) is 5.28. The van der Waals surface area contributed by atoms with Crippen molar-refractivity contribution in [2.75, 3.05) is 18.4 Å². The first-order valence-electron chi connectivity index (χ1n) is 6.65. The average Bonchev–Trinajstić information content (AvgIpc) is 2.48. The molecule has 0 aliphatic carbocycles. The lowest BCUT2D eigenvalue weighted by Crippen LogP contribution is -2.29. The average molecular weight is 351 g/mol. The Kier molecular flexibility index (Phi) is 5.90. The van der Waals surface area contributed by atoms with Gasteiger partial charge < -0.3 is 10.6 Å². The summed E-state index contributed by atoms with van der Waals surface area (Å²) in [4.78, 5) is 11.8. The van der Waals surface area contributed by atoms with Gasteiger partial charge in [0, 0.05) is 4.47 Å². The first kappa shape index (κ1) is 15.7. The Morgan fingerprint density at radius 2 is 1.81 bits per heavy atom. The van der Waals surface area contributed by atoms with Gasteiger partial charge in [-0.15, -0.1) is 0 Å². The Morgan fingerprint density at radius 3 is 2.52 bits per heavy atom. The standard InChI is InChI=1S/C16H16BrFN2O/c17-14-3-1-2-4-15(14)20-16(21)11-19-10-9-12-5-7-13(18)8-6-12/h1-8,19H,9-11H2,(H,20,21). The highest BCUT2D eigenvalue weighted by molar-refractivity contribution is 9.10. The number of carbonyl (C=O) groups is 1. The van der Waals surface area contributed by atoms with E-state index in [4.69, 9.17) is 0 Å². The lowest BCUT2D eigenvalue weighted by Gasteiger charge is -2.08. The van der Waals surface area contributed by atoms with E-state index in [1.54, 1.807) is 12.1 Å². The predicted molar refractivity (Wildman–Crippen MR) is 85.7 cm³/mol. The van der Waals surface area contributed by atoms with Crippen molar-refractivity contribution in [1.82, 2.24) is 5.32 Å². The molecule has 2 aromatic carbocycles. The predicted octanol–water partition coefficient (Wildman–Crippen LogP) is 3.36. The van der Waals surface area contributed by atoms with Crippen molar-refractivity contribution < 1.29 is 9.18 Å². The van der Waals surface area contributed by atoms with Gasteiger partial charge in [-0.1, -0.05) is 24.3 Å². The number of anilines is 1. The molecule has 1 amide bonds. The molecule has 2 rings (SSSR count). The van der Waals surface area contributed by atoms with Crippen molar-refractivity contribution in [2.24, 2.45) is 0 Å². The minimum Gasteiger partial charge on any atom is -0.324 e. The Bertz CT molecular complexity index is 601. The first-order valence-corrected chi connectivity index (χ1v) is 7.44. The number of halogens is 2. The maximum atomic E-state index is 12.7. The second kappa shape index (κ2) is 7.90. The zero-order chi connectivity index (χ0) is 15.1. The second-order valence-electron chi connectivity index (χ2n) is 4.58. The normalized spacial score (nSPS) is 10.4. The summed E-state index contributed by atoms with van der Waals surface area (Å²) in [5.74, 6) is -0.333. The molecule has 5 heteroatoms. The highest BCUT2D eigenvalue weighted by Crippen LogP contribution is 2.20. The molecule has 0 saturated heterocycles. The van der Waals surface area contributed by atoms with Gasteiger partial charge in [0.2, 0.25) is 5.91 Å². The fourth-order valence-corrected chi connectivity index (χ4v) is 2.23. The molecule has 2 aromatic rings. The number of hydrogen-bond acceptors (Lipinski definition) is 2. The van der Waals surface area contributed by atoms with Crippen molar-refractivity contribution >= 4 is 27.5 Å². The van der Waals surface area contributed by atoms with Crippen LogP contribution < -0.4 is 10.6 Å². The number of para-hydroxylation sites is 1. The second-order valence-corrected chi connectivity index (χ2v) is 5.44. The smallest absolute Gasteiger partial charge is 0.238 e. The van der Waals surface area contributed by atoms with E-state index in [-0.39, 0.29) is 18.3 Å². The highest BCUT2D eigenvalue weighted by atomic mass is 79.9. The van der Waals surface area contributed by atoms with Crippen LogP contribution in [0.1, 0.15) is 5.56 Å². The van der Waals surface area contributed by atoms with Crippen LogP contribution in [0.5, 0.6) is 0 Å². The molecule has 0 fully saturated rings. The van der Waals surface area contributed by atoms with Crippen LogP contribution in [0.4, 0.5) is 10.1 Å². The van der Waals surface area contributed by atoms with Gasteiger partial charge in [-0.05, 0) is 58.7 Å². The third-order valence-corrected chi connectivity index (χ3v) is 3.63. The minimum absolute atomic E-state index is 0.0963. The molecule has 0 atom stereocenters. The van der Waals surface area contributed by atoms with Gasteiger partial charge in [0.15, 0.2) is 0 Å². The molecule has 0 radical (unpaired) electrons. The Labute approximate surface area is 131 Å². The molecule has 0 aromatic heterocycles. The van der Waals surface area contributed by atoms with E-state index in [1.165, 1.54) is 12.1 Å². The van der Waals surface area contributed by atoms with E-state index >= 15 is 0 Å². The summed E-state index contributed by atoms with van der Waals surface area (Å²) in [6.45, 7) is 0.900. The summed E-state index contributed by atoms with van der Waals surface area (Å²) in [5, 5.41) is 5.89. The summed E-state index contributed by atoms with van der Waals surface area (Å²) in [6.07, 6.45) is 0.753. The molecule has 0 unspecified atom stereocenters. The van der Waals surface area contributed by atoms with E-state index in [0.29, 0.717) is 6.54 Å². The number of benzene rings is 2. The third-order valence-electron chi connectivity index (χ3n) is 2.94. The maximum absolute atomic E-state index is 12.7. The highest BCUT2D eigenvalue weighted by Gasteiger charge is 2.04. The topological polar surface area (TPSA) is 41.1 Å². The molecule has 0 aliphatic rings. The molecular formula is C16H16BrFN2O. The van der Waals surface area contributed by atoms with Crippen LogP contribution in [-0.2, 0) is 11.2 Å². The molecule has 2 N–H and O–H groups in total. The van der Waals surface area contributed by atoms with E-state index in [0.717, 1.165) is 22.1 Å². The van der Waals surface area contributed by atoms with Crippen LogP contribution in [0.2, 0.25) is 0 Å². The monoisotopic (exact) mass is 350 g/mol. The molecule has 3 nitrogen and oxygen atoms in total. The zero-order valence-corrected chi connectivity index (χ0v) is 13.0. The van der Waals surface area contributed by atoms with Crippen molar-refractivity contribution in [3.63, 3.8) is 0 Å². The number of amides is 1. The minimum atomic E-state index is -0.237. The van der Waals surface area contributed by atoms with Crippen LogP contribution in [0, 0.1) is 5.82 Å². The number of hydrogen-bond donors (Lipinski definition) is 2. The number of carbonyl (C=O) groups excluding carboxylic acids is 1. The Hall–Kier alpha value is -1.72. The van der Waals surface area contributed by atoms with Crippen LogP contribution in [0.15, 0.2) is 53.0 Å². The summed E-state index contributed by atoms with van der Waals surface area (Å²) in [6, 6.07) is 13.8. The van der Waals surface area contributed by atoms with Crippen LogP contribution >= 0.6 is 15.9 Å². The summed E-state index contributed by atoms with van der Waals surface area (Å²) in [7, 11) is 0. The van der Waals surface area contributed by atoms with Crippen LogP contribution in [-0.4, -0.2) is 19.0 Å². The largest absolute Gasteiger partial charge is 0.324 e. The van der Waals surface area contributed by atoms with E-state index < -0.39 is 0 Å². The van der Waals surface area contributed by atoms with Gasteiger partial charge in [-0.25, -0.2) is 4.39 Å². The quantitative estimate of drug-likeness (QED) is 0.784. The summed E-state index contributed by atoms with van der Waals surface area (Å²) < 4.78 is 13.6. The van der Waals surface area contributed by atoms with Crippen molar-refractivity contribution in [3.05, 3.63) is 64.4 Å². The fraction of sp³-hybridized carbons (Fsp3) is 0.188. The van der Waals surface area contributed by atoms with Gasteiger partial charge in [-0.3, -0.25) is 4.79 Å². The molecule has 21 heavy (non-hydrogen) atoms. The van der Waals surface area contributed by atoms with Gasteiger partial charge in [0.05, 0.1) is 12.2 Å². The van der Waals surface area contributed by atoms with Crippen molar-refractivity contribution in [1.29, 1.82) is 0 Å². The van der Waals surface area contributed by atoms with Crippen molar-refractivity contribution in [2.45, 2.75) is 6.42 Å². The molecule has 0 saturated carbocycles. The van der Waals surface area contributed by atoms with E-state index in [9.17, 15) is 9.18 Å². The van der Waals surface area contributed by atoms with Gasteiger partial charge in [0.25, 0.3) is 0 Å². The van der Waals surface area contributed by atoms with E-state index in [2.05, 4.69) is 26.6 Å². The summed E-state index contributed by atoms with van der Waals surface area (Å²) in [5.41, 5.74) is 1.79. The number of nitrogens with one attached hydrogen (secondary N) is 2. The van der Waals surface area contributed by atoms with Gasteiger partial charge in [-0.2, -0.15) is 0 Å². The van der Waals surface area contributed by atoms with Gasteiger partial charge >= 0.3 is 0 Å². The molecule has 0 aliphatic heterocycles. The fourth-order valence-electron chi connectivity index (χ4n) is 1.84. The SMILES string of the molecule is O=C(CNCCc1ccc(F)cc1)Nc1ccccc1Br. The maximum Gasteiger partial charge on any atom is 0.238 e. The lowest BCUT2D eigenvalue weighted by atomic mass is 10.1. The number of rotatable bonds is 6. The van der Waals surface area contributed by atoms with E-state index in [1.807, 2.05) is 24.3 Å². The Balaban J connectivity index is 1.70.